The van der Waals surface area contributed by atoms with Crippen LogP contribution in [0.2, 0.25) is 0 Å². The Labute approximate surface area is 212 Å². The maximum atomic E-state index is 3.18. The third kappa shape index (κ3) is 18.0. The van der Waals surface area contributed by atoms with Gasteiger partial charge in [-0.25, -0.2) is 0 Å². The normalized spacial score (nSPS) is 11.8. The number of halogens is 1. The molecule has 0 aromatic heterocycles. The zero-order chi connectivity index (χ0) is 21.6. The first-order chi connectivity index (χ1) is 14.2. The zero-order valence-corrected chi connectivity index (χ0v) is 25.8. The lowest BCUT2D eigenvalue weighted by atomic mass is 10.1. The molecule has 0 fully saturated rings. The molecule has 0 amide bonds. The van der Waals surface area contributed by atoms with Crippen molar-refractivity contribution in [2.75, 3.05) is 25.0 Å². The van der Waals surface area contributed by atoms with Gasteiger partial charge < -0.3 is 0 Å². The Morgan fingerprint density at radius 3 is 1.00 bits per heavy atom. The van der Waals surface area contributed by atoms with Crippen molar-refractivity contribution in [1.82, 2.24) is 4.44 Å². The van der Waals surface area contributed by atoms with Crippen molar-refractivity contribution < 1.29 is 0 Å². The predicted octanol–water partition coefficient (Wildman–Crippen LogP) is 10.7. The molecule has 0 aliphatic heterocycles. The van der Waals surface area contributed by atoms with Gasteiger partial charge >= 0.3 is 0 Å². The van der Waals surface area contributed by atoms with Crippen LogP contribution in [0.5, 0.6) is 0 Å². The molecule has 1 atom stereocenters. The van der Waals surface area contributed by atoms with Crippen LogP contribution in [0, 0.1) is 0 Å². The molecule has 0 aromatic rings. The third-order valence-electron chi connectivity index (χ3n) is 6.65. The summed E-state index contributed by atoms with van der Waals surface area (Å²) in [7, 11) is 2.22. The third-order valence-corrected chi connectivity index (χ3v) is 13.3. The van der Waals surface area contributed by atoms with Crippen LogP contribution >= 0.6 is 40.8 Å². The smallest absolute Gasteiger partial charge is 0.0867 e. The molecule has 0 aromatic carbocycles. The minimum atomic E-state index is -0.958. The average Bonchev–Trinajstić information content (AvgIpc) is 2.74. The molecule has 0 aliphatic rings. The van der Waals surface area contributed by atoms with Gasteiger partial charge in [-0.2, -0.15) is 4.44 Å². The van der Waals surface area contributed by atoms with Crippen LogP contribution in [0.4, 0.5) is 0 Å². The summed E-state index contributed by atoms with van der Waals surface area (Å²) in [4.78, 5) is 0. The van der Waals surface area contributed by atoms with Gasteiger partial charge in [0.2, 0.25) is 0 Å². The van der Waals surface area contributed by atoms with E-state index in [1.807, 2.05) is 0 Å². The first-order valence-corrected chi connectivity index (χ1v) is 16.4. The number of hydrogen-bond donors (Lipinski definition) is 0. The van der Waals surface area contributed by atoms with Crippen LogP contribution in [-0.4, -0.2) is 29.5 Å². The van der Waals surface area contributed by atoms with Gasteiger partial charge in [-0.3, -0.25) is 0 Å². The van der Waals surface area contributed by atoms with Gasteiger partial charge in [0.1, 0.15) is 0 Å². The summed E-state index contributed by atoms with van der Waals surface area (Å²) in [6.45, 7) is 10.6. The monoisotopic (exact) mass is 574 g/mol. The van der Waals surface area contributed by atoms with Crippen molar-refractivity contribution in [3.8, 4) is 0 Å². The second-order valence-electron chi connectivity index (χ2n) is 9.32. The lowest BCUT2D eigenvalue weighted by molar-refractivity contribution is 0.605. The molecule has 0 radical (unpaired) electrons. The van der Waals surface area contributed by atoms with E-state index in [0.717, 1.165) is 0 Å². The van der Waals surface area contributed by atoms with E-state index in [1.165, 1.54) is 141 Å². The Morgan fingerprint density at radius 2 is 0.733 bits per heavy atom. The highest BCUT2D eigenvalue weighted by Gasteiger charge is 2.40. The predicted molar refractivity (Wildman–Crippen MR) is 159 cm³/mol. The van der Waals surface area contributed by atoms with Gasteiger partial charge in [0.25, 0.3) is 0 Å². The van der Waals surface area contributed by atoms with Crippen LogP contribution in [0.1, 0.15) is 143 Å². The van der Waals surface area contributed by atoms with Gasteiger partial charge in [-0.1, -0.05) is 97.8 Å². The highest BCUT2D eigenvalue weighted by atomic mass is 127. The molecule has 0 saturated heterocycles. The van der Waals surface area contributed by atoms with Crippen molar-refractivity contribution in [3.05, 3.63) is 0 Å². The second-order valence-corrected chi connectivity index (χ2v) is 14.4. The fourth-order valence-electron chi connectivity index (χ4n) is 4.58. The van der Waals surface area contributed by atoms with Crippen LogP contribution in [0.15, 0.2) is 0 Å². The molecule has 0 rings (SSSR count). The van der Waals surface area contributed by atoms with E-state index < -0.39 is 7.41 Å². The zero-order valence-electron chi connectivity index (χ0n) is 21.4. The van der Waals surface area contributed by atoms with Crippen molar-refractivity contribution >= 4 is 40.8 Å². The van der Waals surface area contributed by atoms with Gasteiger partial charge in [0, 0.05) is 6.54 Å². The van der Waals surface area contributed by atoms with Crippen molar-refractivity contribution in [2.24, 2.45) is 0 Å². The summed E-state index contributed by atoms with van der Waals surface area (Å²) in [5, 5.41) is 0. The van der Waals surface area contributed by atoms with E-state index >= 15 is 0 Å². The Kier molecular flexibility index (Phi) is 28.3. The summed E-state index contributed by atoms with van der Waals surface area (Å²) in [6, 6.07) is 0. The second kappa shape index (κ2) is 25.2. The summed E-state index contributed by atoms with van der Waals surface area (Å²) in [6.07, 6.45) is 30.6. The maximum Gasteiger partial charge on any atom is 0.0867 e. The SMILES string of the molecule is CCCCCCCC[P+](CCCCCCCC)(CCCCCCCC)N(P)CC.I. The molecule has 184 valence electrons. The molecule has 1 nitrogen and oxygen atoms in total. The molecule has 0 heterocycles. The Bertz CT molecular complexity index is 287. The molecule has 30 heavy (non-hydrogen) atoms. The molecular weight excluding hydrogens is 515 g/mol. The van der Waals surface area contributed by atoms with Crippen molar-refractivity contribution in [1.29, 1.82) is 0 Å². The molecule has 1 unspecified atom stereocenters. The fraction of sp³-hybridized carbons (Fsp3) is 1.00. The molecule has 0 saturated carbocycles. The Hall–Kier alpha value is 1.55. The van der Waals surface area contributed by atoms with E-state index in [4.69, 9.17) is 0 Å². The lowest BCUT2D eigenvalue weighted by Crippen LogP contribution is -2.22. The minimum Gasteiger partial charge on any atom is -0.167 e. The van der Waals surface area contributed by atoms with E-state index in [0.29, 0.717) is 0 Å². The fourth-order valence-corrected chi connectivity index (χ4v) is 10.1. The van der Waals surface area contributed by atoms with E-state index in [9.17, 15) is 0 Å². The van der Waals surface area contributed by atoms with Crippen LogP contribution in [-0.2, 0) is 0 Å². The summed E-state index contributed by atoms with van der Waals surface area (Å²) < 4.78 is 2.77. The molecule has 0 bridgehead atoms. The molecule has 0 aliphatic carbocycles. The van der Waals surface area contributed by atoms with Crippen LogP contribution in [0.25, 0.3) is 0 Å². The molecule has 0 spiro atoms. The van der Waals surface area contributed by atoms with Crippen molar-refractivity contribution in [3.63, 3.8) is 0 Å². The first-order valence-electron chi connectivity index (χ1n) is 13.6. The van der Waals surface area contributed by atoms with Gasteiger partial charge in [-0.05, 0) is 54.8 Å². The average molecular weight is 575 g/mol. The lowest BCUT2D eigenvalue weighted by Gasteiger charge is -2.34. The van der Waals surface area contributed by atoms with E-state index in [-0.39, 0.29) is 24.0 Å². The van der Waals surface area contributed by atoms with Gasteiger partial charge in [0.05, 0.1) is 25.9 Å². The highest BCUT2D eigenvalue weighted by Crippen LogP contribution is 2.65. The summed E-state index contributed by atoms with van der Waals surface area (Å²) >= 11 is 0. The van der Waals surface area contributed by atoms with E-state index in [1.54, 1.807) is 0 Å². The Balaban J connectivity index is 0. The molecule has 0 N–H and O–H groups in total. The quantitative estimate of drug-likeness (QED) is 0.0667. The molecular formula is C26H59INP2+. The minimum absolute atomic E-state index is 0. The standard InChI is InChI=1S/C26H58NP2.HI/c1-5-9-12-15-18-21-24-29(27(28)8-4,25-22-19-16-13-10-6-2)26-23-20-17-14-11-7-3;/h5-26,28H2,1-4H3;1H/q+1;. The van der Waals surface area contributed by atoms with Gasteiger partial charge in [0.15, 0.2) is 0 Å². The number of hydrogen-bond acceptors (Lipinski definition) is 1. The number of nitrogens with zero attached hydrogens (tertiary/aromatic N) is 1. The van der Waals surface area contributed by atoms with E-state index in [2.05, 4.69) is 41.5 Å². The molecule has 4 heteroatoms. The topological polar surface area (TPSA) is 3.24 Å². The highest BCUT2D eigenvalue weighted by molar-refractivity contribution is 14.0. The number of unbranched alkanes of at least 4 members (excludes halogenated alkanes) is 15. The summed E-state index contributed by atoms with van der Waals surface area (Å²) in [5.41, 5.74) is 0. The van der Waals surface area contributed by atoms with Gasteiger partial charge in [-0.15, -0.1) is 24.0 Å². The summed E-state index contributed by atoms with van der Waals surface area (Å²) in [5.74, 6) is 0. The Morgan fingerprint density at radius 1 is 0.467 bits per heavy atom. The first kappa shape index (κ1) is 33.7. The van der Waals surface area contributed by atoms with Crippen LogP contribution < -0.4 is 0 Å². The largest absolute Gasteiger partial charge is 0.167 e. The number of rotatable bonds is 23. The maximum absolute atomic E-state index is 3.18. The van der Waals surface area contributed by atoms with Crippen molar-refractivity contribution in [2.45, 2.75) is 143 Å². The van der Waals surface area contributed by atoms with Crippen LogP contribution in [0.3, 0.4) is 0 Å².